The summed E-state index contributed by atoms with van der Waals surface area (Å²) in [6.07, 6.45) is 15.6. The predicted octanol–water partition coefficient (Wildman–Crippen LogP) is 6.38. The van der Waals surface area contributed by atoms with Crippen LogP contribution in [-0.4, -0.2) is 45.4 Å². The Hall–Kier alpha value is -5.27. The maximum Gasteiger partial charge on any atom is 0.247 e. The van der Waals surface area contributed by atoms with Crippen molar-refractivity contribution in [1.82, 2.24) is 20.3 Å². The van der Waals surface area contributed by atoms with Gasteiger partial charge in [0.1, 0.15) is 11.8 Å². The summed E-state index contributed by atoms with van der Waals surface area (Å²) in [6, 6.07) is 23.8. The summed E-state index contributed by atoms with van der Waals surface area (Å²) >= 11 is 6.08. The first-order valence-electron chi connectivity index (χ1n) is 15.1. The van der Waals surface area contributed by atoms with E-state index in [-0.39, 0.29) is 17.7 Å². The number of hydrogen-bond donors (Lipinski definition) is 1. The third-order valence-electron chi connectivity index (χ3n) is 7.60. The van der Waals surface area contributed by atoms with Crippen LogP contribution in [0.15, 0.2) is 133 Å². The van der Waals surface area contributed by atoms with Gasteiger partial charge in [0.25, 0.3) is 0 Å². The van der Waals surface area contributed by atoms with Crippen molar-refractivity contribution in [2.45, 2.75) is 31.6 Å². The Morgan fingerprint density at radius 2 is 1.83 bits per heavy atom. The van der Waals surface area contributed by atoms with E-state index in [1.54, 1.807) is 58.1 Å². The van der Waals surface area contributed by atoms with Crippen LogP contribution in [0.25, 0.3) is 6.08 Å². The molecule has 2 atom stereocenters. The number of ketones is 1. The molecular formula is C37H32ClN5O3. The minimum absolute atomic E-state index is 0.0139. The van der Waals surface area contributed by atoms with Crippen molar-refractivity contribution in [3.63, 3.8) is 0 Å². The number of rotatable bonds is 14. The average Bonchev–Trinajstić information content (AvgIpc) is 3.78. The second-order valence-electron chi connectivity index (χ2n) is 10.8. The van der Waals surface area contributed by atoms with E-state index < -0.39 is 6.04 Å². The fraction of sp³-hybridized carbons (Fsp3) is 0.162. The summed E-state index contributed by atoms with van der Waals surface area (Å²) in [5, 5.41) is 12.5. The molecule has 2 heterocycles. The maximum atomic E-state index is 13.2. The zero-order valence-corrected chi connectivity index (χ0v) is 25.8. The van der Waals surface area contributed by atoms with E-state index in [9.17, 15) is 9.59 Å². The van der Waals surface area contributed by atoms with E-state index in [2.05, 4.69) is 21.4 Å². The van der Waals surface area contributed by atoms with Crippen molar-refractivity contribution in [3.8, 4) is 5.75 Å². The van der Waals surface area contributed by atoms with E-state index in [1.807, 2.05) is 79.0 Å². The van der Waals surface area contributed by atoms with Gasteiger partial charge in [-0.2, -0.15) is 0 Å². The molecule has 6 rings (SSSR count). The van der Waals surface area contributed by atoms with Gasteiger partial charge in [-0.05, 0) is 78.4 Å². The Bertz CT molecular complexity index is 1840. The van der Waals surface area contributed by atoms with Gasteiger partial charge < -0.3 is 9.64 Å². The molecule has 1 aromatic heterocycles. The third-order valence-corrected chi connectivity index (χ3v) is 7.85. The van der Waals surface area contributed by atoms with Crippen LogP contribution in [0.2, 0.25) is 5.02 Å². The molecule has 4 aromatic rings. The van der Waals surface area contributed by atoms with Crippen LogP contribution in [-0.2, 0) is 17.9 Å². The van der Waals surface area contributed by atoms with E-state index in [0.29, 0.717) is 36.0 Å². The number of amides is 1. The Kier molecular flexibility index (Phi) is 9.81. The summed E-state index contributed by atoms with van der Waals surface area (Å²) in [7, 11) is 0. The molecule has 0 radical (unpaired) electrons. The lowest BCUT2D eigenvalue weighted by Gasteiger charge is -2.46. The quantitative estimate of drug-likeness (QED) is 0.0573. The van der Waals surface area contributed by atoms with Crippen LogP contribution in [0.3, 0.4) is 0 Å². The SMILES string of the molecule is O=C(/C=C/C1=C=CC=C1)c1ccc(OCCCn2cc(CN[C@@H]3C(=O)N(c4ccc(Cl)cc4)[C@@H]3/C=C/c3ccccc3)nn2)cc1. The standard InChI is InChI=1S/C37H32ClN5O3/c38-30-15-17-32(18-16-30)43-34(21-11-27-7-2-1-3-8-27)36(37(43)45)39-25-31-26-42(41-40-31)23-6-24-46-33-19-13-29(14-20-33)35(44)22-12-28-9-4-5-10-28/h1-5,7-9,11-22,26,34,36,39H,6,23-25H2/b21-11+,22-12+/t34-,36+/m1/s1. The largest absolute Gasteiger partial charge is 0.494 e. The van der Waals surface area contributed by atoms with Gasteiger partial charge >= 0.3 is 0 Å². The van der Waals surface area contributed by atoms with Crippen LogP contribution in [0.4, 0.5) is 5.69 Å². The molecule has 230 valence electrons. The molecule has 1 fully saturated rings. The van der Waals surface area contributed by atoms with Crippen molar-refractivity contribution in [3.05, 3.63) is 155 Å². The number of anilines is 1. The highest BCUT2D eigenvalue weighted by atomic mass is 35.5. The van der Waals surface area contributed by atoms with Gasteiger partial charge in [-0.1, -0.05) is 65.4 Å². The first-order valence-corrected chi connectivity index (χ1v) is 15.4. The number of benzene rings is 3. The third kappa shape index (κ3) is 7.68. The number of nitrogens with zero attached hydrogens (tertiary/aromatic N) is 4. The van der Waals surface area contributed by atoms with Gasteiger partial charge in [-0.15, -0.1) is 10.8 Å². The molecule has 1 aliphatic heterocycles. The number of carbonyl (C=O) groups is 2. The van der Waals surface area contributed by atoms with Crippen molar-refractivity contribution < 1.29 is 14.3 Å². The minimum Gasteiger partial charge on any atom is -0.494 e. The molecule has 46 heavy (non-hydrogen) atoms. The molecule has 0 saturated carbocycles. The summed E-state index contributed by atoms with van der Waals surface area (Å²) in [4.78, 5) is 27.4. The first-order chi connectivity index (χ1) is 22.5. The smallest absolute Gasteiger partial charge is 0.247 e. The normalized spacial score (nSPS) is 17.2. The molecule has 0 bridgehead atoms. The van der Waals surface area contributed by atoms with Gasteiger partial charge in [0, 0.05) is 47.6 Å². The number of aromatic nitrogens is 3. The Labute approximate surface area is 272 Å². The molecule has 1 N–H and O–H groups in total. The zero-order valence-electron chi connectivity index (χ0n) is 25.0. The van der Waals surface area contributed by atoms with Gasteiger partial charge in [0.05, 0.1) is 18.3 Å². The molecule has 0 spiro atoms. The fourth-order valence-corrected chi connectivity index (χ4v) is 5.30. The zero-order chi connectivity index (χ0) is 31.7. The van der Waals surface area contributed by atoms with E-state index in [0.717, 1.165) is 28.9 Å². The number of allylic oxidation sites excluding steroid dienone is 5. The van der Waals surface area contributed by atoms with Crippen LogP contribution < -0.4 is 15.0 Å². The Morgan fingerprint density at radius 1 is 1.02 bits per heavy atom. The van der Waals surface area contributed by atoms with Crippen molar-refractivity contribution >= 4 is 35.1 Å². The topological polar surface area (TPSA) is 89.4 Å². The number of halogens is 1. The van der Waals surface area contributed by atoms with Crippen LogP contribution >= 0.6 is 11.6 Å². The van der Waals surface area contributed by atoms with Gasteiger partial charge in [0.2, 0.25) is 5.91 Å². The highest BCUT2D eigenvalue weighted by Crippen LogP contribution is 2.31. The Balaban J connectivity index is 0.976. The van der Waals surface area contributed by atoms with Gasteiger partial charge in [-0.25, -0.2) is 0 Å². The number of carbonyl (C=O) groups excluding carboxylic acids is 2. The van der Waals surface area contributed by atoms with Crippen LogP contribution in [0, 0.1) is 0 Å². The van der Waals surface area contributed by atoms with Gasteiger partial charge in [-0.3, -0.25) is 19.6 Å². The summed E-state index contributed by atoms with van der Waals surface area (Å²) in [5.41, 5.74) is 7.12. The number of β-lactam (4-membered cyclic amide) rings is 1. The predicted molar refractivity (Wildman–Crippen MR) is 180 cm³/mol. The molecular weight excluding hydrogens is 598 g/mol. The summed E-state index contributed by atoms with van der Waals surface area (Å²) in [6.45, 7) is 1.52. The molecule has 1 saturated heterocycles. The van der Waals surface area contributed by atoms with E-state index in [1.165, 1.54) is 0 Å². The second kappa shape index (κ2) is 14.7. The maximum absolute atomic E-state index is 13.2. The molecule has 9 heteroatoms. The molecule has 0 unspecified atom stereocenters. The highest BCUT2D eigenvalue weighted by molar-refractivity contribution is 6.30. The number of aryl methyl sites for hydroxylation is 1. The minimum atomic E-state index is -0.397. The number of hydrogen-bond acceptors (Lipinski definition) is 6. The average molecular weight is 630 g/mol. The number of ether oxygens (including phenoxy) is 1. The van der Waals surface area contributed by atoms with Crippen molar-refractivity contribution in [1.29, 1.82) is 0 Å². The highest BCUT2D eigenvalue weighted by Gasteiger charge is 2.46. The second-order valence-corrected chi connectivity index (χ2v) is 11.3. The lowest BCUT2D eigenvalue weighted by Crippen LogP contribution is -2.69. The van der Waals surface area contributed by atoms with E-state index >= 15 is 0 Å². The molecule has 1 aliphatic carbocycles. The lowest BCUT2D eigenvalue weighted by atomic mass is 9.92. The molecule has 8 nitrogen and oxygen atoms in total. The van der Waals surface area contributed by atoms with Crippen LogP contribution in [0.1, 0.15) is 28.0 Å². The molecule has 2 aliphatic rings. The summed E-state index contributed by atoms with van der Waals surface area (Å²) in [5.74, 6) is 0.611. The van der Waals surface area contributed by atoms with Crippen LogP contribution in [0.5, 0.6) is 5.75 Å². The number of nitrogens with one attached hydrogen (secondary N) is 1. The van der Waals surface area contributed by atoms with E-state index in [4.69, 9.17) is 16.3 Å². The van der Waals surface area contributed by atoms with Gasteiger partial charge in [0.15, 0.2) is 5.78 Å². The fourth-order valence-electron chi connectivity index (χ4n) is 5.17. The first kappa shape index (κ1) is 30.7. The summed E-state index contributed by atoms with van der Waals surface area (Å²) < 4.78 is 7.63. The molecule has 3 aromatic carbocycles. The lowest BCUT2D eigenvalue weighted by molar-refractivity contribution is -0.126. The Morgan fingerprint density at radius 3 is 2.59 bits per heavy atom. The van der Waals surface area contributed by atoms with Crippen molar-refractivity contribution in [2.24, 2.45) is 0 Å². The van der Waals surface area contributed by atoms with Crippen molar-refractivity contribution in [2.75, 3.05) is 11.5 Å². The molecule has 1 amide bonds. The monoisotopic (exact) mass is 629 g/mol.